The van der Waals surface area contributed by atoms with Gasteiger partial charge in [0, 0.05) is 33.0 Å². The van der Waals surface area contributed by atoms with E-state index in [0.717, 1.165) is 17.7 Å². The topological polar surface area (TPSA) is 58.6 Å². The van der Waals surface area contributed by atoms with E-state index in [1.165, 1.54) is 6.33 Å². The molecule has 0 saturated carbocycles. The van der Waals surface area contributed by atoms with Crippen LogP contribution in [0.4, 0.5) is 16.0 Å². The van der Waals surface area contributed by atoms with Gasteiger partial charge in [0.25, 0.3) is 0 Å². The first-order valence-electron chi connectivity index (χ1n) is 10.1. The molecule has 7 heteroatoms. The number of carbonyl (C=O) groups is 1. The van der Waals surface area contributed by atoms with Crippen LogP contribution in [0.15, 0.2) is 30.6 Å². The van der Waals surface area contributed by atoms with Gasteiger partial charge in [-0.1, -0.05) is 19.1 Å². The Morgan fingerprint density at radius 3 is 2.72 bits per heavy atom. The number of carbonyl (C=O) groups excluding carboxylic acids is 1. The lowest BCUT2D eigenvalue weighted by atomic mass is 9.96. The summed E-state index contributed by atoms with van der Waals surface area (Å²) < 4.78 is 20.9. The van der Waals surface area contributed by atoms with Crippen molar-refractivity contribution >= 4 is 17.4 Å². The Balaban J connectivity index is 1.63. The first-order chi connectivity index (χ1) is 13.9. The number of hydrogen-bond donors (Lipinski definition) is 0. The van der Waals surface area contributed by atoms with Crippen LogP contribution in [0.5, 0.6) is 5.75 Å². The van der Waals surface area contributed by atoms with E-state index in [-0.39, 0.29) is 23.6 Å². The summed E-state index contributed by atoms with van der Waals surface area (Å²) in [4.78, 5) is 23.2. The molecule has 1 aromatic heterocycles. The molecule has 0 bridgehead atoms. The van der Waals surface area contributed by atoms with Gasteiger partial charge in [0.1, 0.15) is 24.0 Å². The molecule has 1 aromatic carbocycles. The van der Waals surface area contributed by atoms with Crippen molar-refractivity contribution < 1.29 is 13.9 Å². The molecule has 0 radical (unpaired) electrons. The van der Waals surface area contributed by atoms with E-state index in [9.17, 15) is 9.18 Å². The van der Waals surface area contributed by atoms with Crippen LogP contribution < -0.4 is 14.5 Å². The van der Waals surface area contributed by atoms with E-state index in [1.54, 1.807) is 11.8 Å². The molecule has 0 spiro atoms. The second-order valence-corrected chi connectivity index (χ2v) is 7.70. The highest BCUT2D eigenvalue weighted by molar-refractivity contribution is 5.76. The molecule has 1 aliphatic rings. The van der Waals surface area contributed by atoms with Gasteiger partial charge in [0.2, 0.25) is 5.82 Å². The summed E-state index contributed by atoms with van der Waals surface area (Å²) >= 11 is 0. The minimum atomic E-state index is -0.388. The van der Waals surface area contributed by atoms with Crippen molar-refractivity contribution in [3.63, 3.8) is 0 Å². The third kappa shape index (κ3) is 5.02. The molecule has 6 nitrogen and oxygen atoms in total. The standard InChI is InChI=1S/C22H29FN4O2/c1-5-26(4)21-20(23)22(25-14-24-21)27-11-10-19(13-27)29-18-8-6-17(7-9-18)15(2)12-16(3)28/h6-9,14-15,19H,5,10-13H2,1-4H3/t15-,19-/m1/s1. The van der Waals surface area contributed by atoms with Crippen LogP contribution in [0.2, 0.25) is 0 Å². The van der Waals surface area contributed by atoms with Gasteiger partial charge in [0.15, 0.2) is 11.6 Å². The Morgan fingerprint density at radius 2 is 2.07 bits per heavy atom. The number of aromatic nitrogens is 2. The molecule has 0 amide bonds. The second-order valence-electron chi connectivity index (χ2n) is 7.70. The summed E-state index contributed by atoms with van der Waals surface area (Å²) in [6.45, 7) is 7.54. The van der Waals surface area contributed by atoms with E-state index in [2.05, 4.69) is 9.97 Å². The van der Waals surface area contributed by atoms with Crippen molar-refractivity contribution in [2.45, 2.75) is 45.6 Å². The maximum atomic E-state index is 14.9. The smallest absolute Gasteiger partial charge is 0.208 e. The number of ether oxygens (including phenoxy) is 1. The van der Waals surface area contributed by atoms with Crippen LogP contribution >= 0.6 is 0 Å². The molecule has 2 heterocycles. The first-order valence-corrected chi connectivity index (χ1v) is 10.1. The van der Waals surface area contributed by atoms with Crippen LogP contribution in [0.25, 0.3) is 0 Å². The lowest BCUT2D eigenvalue weighted by molar-refractivity contribution is -0.117. The maximum absolute atomic E-state index is 14.9. The van der Waals surface area contributed by atoms with Crippen LogP contribution in [0, 0.1) is 5.82 Å². The molecule has 1 fully saturated rings. The fourth-order valence-electron chi connectivity index (χ4n) is 3.62. The molecule has 156 valence electrons. The van der Waals surface area contributed by atoms with Gasteiger partial charge >= 0.3 is 0 Å². The van der Waals surface area contributed by atoms with Gasteiger partial charge in [-0.25, -0.2) is 9.97 Å². The van der Waals surface area contributed by atoms with E-state index in [4.69, 9.17) is 4.74 Å². The monoisotopic (exact) mass is 400 g/mol. The summed E-state index contributed by atoms with van der Waals surface area (Å²) in [7, 11) is 1.81. The van der Waals surface area contributed by atoms with Crippen molar-refractivity contribution in [1.82, 2.24) is 9.97 Å². The number of anilines is 2. The molecular formula is C22H29FN4O2. The van der Waals surface area contributed by atoms with Crippen molar-refractivity contribution in [2.75, 3.05) is 36.5 Å². The molecule has 29 heavy (non-hydrogen) atoms. The van der Waals surface area contributed by atoms with E-state index >= 15 is 0 Å². The zero-order chi connectivity index (χ0) is 21.0. The summed E-state index contributed by atoms with van der Waals surface area (Å²) in [5.41, 5.74) is 1.12. The minimum absolute atomic E-state index is 0.0304. The Bertz CT molecular complexity index is 843. The molecule has 0 aliphatic carbocycles. The van der Waals surface area contributed by atoms with Crippen LogP contribution in [0.3, 0.4) is 0 Å². The normalized spacial score (nSPS) is 17.3. The fraction of sp³-hybridized carbons (Fsp3) is 0.500. The third-order valence-corrected chi connectivity index (χ3v) is 5.38. The van der Waals surface area contributed by atoms with E-state index < -0.39 is 0 Å². The van der Waals surface area contributed by atoms with Crippen molar-refractivity contribution in [2.24, 2.45) is 0 Å². The SMILES string of the molecule is CCN(C)c1ncnc(N2CC[C@@H](Oc3ccc([C@H](C)CC(C)=O)cc3)C2)c1F. The Hall–Kier alpha value is -2.70. The first kappa shape index (κ1) is 21.0. The highest BCUT2D eigenvalue weighted by atomic mass is 19.1. The molecule has 3 rings (SSSR count). The lowest BCUT2D eigenvalue weighted by Crippen LogP contribution is -2.27. The van der Waals surface area contributed by atoms with Crippen molar-refractivity contribution in [1.29, 1.82) is 0 Å². The quantitative estimate of drug-likeness (QED) is 0.672. The number of rotatable bonds is 8. The molecule has 2 atom stereocenters. The van der Waals surface area contributed by atoms with Crippen LogP contribution in [-0.2, 0) is 4.79 Å². The second kappa shape index (κ2) is 9.20. The molecular weight excluding hydrogens is 371 g/mol. The molecule has 1 saturated heterocycles. The number of benzene rings is 1. The predicted molar refractivity (Wildman–Crippen MR) is 112 cm³/mol. The minimum Gasteiger partial charge on any atom is -0.489 e. The van der Waals surface area contributed by atoms with Gasteiger partial charge in [-0.3, -0.25) is 0 Å². The maximum Gasteiger partial charge on any atom is 0.208 e. The van der Waals surface area contributed by atoms with Gasteiger partial charge in [-0.15, -0.1) is 0 Å². The average molecular weight is 400 g/mol. The zero-order valence-electron chi connectivity index (χ0n) is 17.6. The largest absolute Gasteiger partial charge is 0.489 e. The molecule has 2 aromatic rings. The summed E-state index contributed by atoms with van der Waals surface area (Å²) in [6.07, 6.45) is 2.72. The summed E-state index contributed by atoms with van der Waals surface area (Å²) in [5.74, 6) is 1.42. The van der Waals surface area contributed by atoms with E-state index in [0.29, 0.717) is 37.7 Å². The summed E-state index contributed by atoms with van der Waals surface area (Å²) in [6, 6.07) is 7.89. The average Bonchev–Trinajstić information content (AvgIpc) is 3.15. The number of nitrogens with zero attached hydrogens (tertiary/aromatic N) is 4. The predicted octanol–water partition coefficient (Wildman–Crippen LogP) is 3.81. The Kier molecular flexibility index (Phi) is 6.67. The number of hydrogen-bond acceptors (Lipinski definition) is 6. The van der Waals surface area contributed by atoms with Gasteiger partial charge in [-0.05, 0) is 37.5 Å². The zero-order valence-corrected chi connectivity index (χ0v) is 17.6. The summed E-state index contributed by atoms with van der Waals surface area (Å²) in [5, 5.41) is 0. The van der Waals surface area contributed by atoms with E-state index in [1.807, 2.05) is 50.1 Å². The van der Waals surface area contributed by atoms with Crippen LogP contribution in [-0.4, -0.2) is 48.5 Å². The number of Topliss-reactive ketones (excluding diaryl/α,β-unsaturated/α-hetero) is 1. The van der Waals surface area contributed by atoms with Gasteiger partial charge < -0.3 is 19.3 Å². The Labute approximate surface area is 171 Å². The van der Waals surface area contributed by atoms with Gasteiger partial charge in [-0.2, -0.15) is 4.39 Å². The van der Waals surface area contributed by atoms with Crippen molar-refractivity contribution in [3.05, 3.63) is 42.0 Å². The third-order valence-electron chi connectivity index (χ3n) is 5.38. The fourth-order valence-corrected chi connectivity index (χ4v) is 3.62. The van der Waals surface area contributed by atoms with Crippen LogP contribution in [0.1, 0.15) is 45.1 Å². The number of halogens is 1. The highest BCUT2D eigenvalue weighted by Crippen LogP contribution is 2.28. The Morgan fingerprint density at radius 1 is 1.34 bits per heavy atom. The number of ketones is 1. The molecule has 1 aliphatic heterocycles. The highest BCUT2D eigenvalue weighted by Gasteiger charge is 2.28. The van der Waals surface area contributed by atoms with Crippen molar-refractivity contribution in [3.8, 4) is 5.75 Å². The van der Waals surface area contributed by atoms with Gasteiger partial charge in [0.05, 0.1) is 6.54 Å². The molecule has 0 N–H and O–H groups in total. The lowest BCUT2D eigenvalue weighted by Gasteiger charge is -2.22. The molecule has 0 unspecified atom stereocenters.